The van der Waals surface area contributed by atoms with Crippen LogP contribution < -0.4 is 10.2 Å². The molecule has 0 aliphatic carbocycles. The Morgan fingerprint density at radius 3 is 2.57 bits per heavy atom. The second-order valence-corrected chi connectivity index (χ2v) is 5.95. The van der Waals surface area contributed by atoms with Crippen LogP contribution in [0.5, 0.6) is 0 Å². The van der Waals surface area contributed by atoms with Crippen molar-refractivity contribution in [2.24, 2.45) is 0 Å². The van der Waals surface area contributed by atoms with Crippen LogP contribution in [0.15, 0.2) is 36.4 Å². The van der Waals surface area contributed by atoms with Crippen LogP contribution in [0.3, 0.4) is 0 Å². The molecule has 118 valence electrons. The summed E-state index contributed by atoms with van der Waals surface area (Å²) >= 11 is 0. The summed E-state index contributed by atoms with van der Waals surface area (Å²) in [7, 11) is 0. The lowest BCUT2D eigenvalue weighted by Crippen LogP contribution is -2.35. The number of para-hydroxylation sites is 1. The first-order valence-corrected chi connectivity index (χ1v) is 7.77. The standard InChI is InChI=1S/C19H20N2O2/c1-12-7-8-16(11-13(12)2)19(23)21(14(3)22)17-6-4-5-15-9-10-20-18(15)17/h4-8,11,20H,9-10H2,1-3H3. The van der Waals surface area contributed by atoms with Crippen molar-refractivity contribution >= 4 is 23.2 Å². The van der Waals surface area contributed by atoms with Crippen molar-refractivity contribution in [2.75, 3.05) is 16.8 Å². The van der Waals surface area contributed by atoms with E-state index in [0.29, 0.717) is 11.3 Å². The van der Waals surface area contributed by atoms with Crippen molar-refractivity contribution in [3.05, 3.63) is 58.7 Å². The van der Waals surface area contributed by atoms with Gasteiger partial charge in [0, 0.05) is 19.0 Å². The van der Waals surface area contributed by atoms with Crippen molar-refractivity contribution in [2.45, 2.75) is 27.2 Å². The molecular weight excluding hydrogens is 288 g/mol. The van der Waals surface area contributed by atoms with Gasteiger partial charge in [0.1, 0.15) is 0 Å². The number of hydrogen-bond donors (Lipinski definition) is 1. The van der Waals surface area contributed by atoms with Gasteiger partial charge < -0.3 is 5.32 Å². The average molecular weight is 308 g/mol. The van der Waals surface area contributed by atoms with E-state index in [1.165, 1.54) is 11.8 Å². The highest BCUT2D eigenvalue weighted by atomic mass is 16.2. The second kappa shape index (κ2) is 5.88. The summed E-state index contributed by atoms with van der Waals surface area (Å²) in [5.41, 5.74) is 5.35. The number of aryl methyl sites for hydroxylation is 2. The number of nitrogens with zero attached hydrogens (tertiary/aromatic N) is 1. The lowest BCUT2D eigenvalue weighted by molar-refractivity contribution is -0.115. The number of hydrogen-bond acceptors (Lipinski definition) is 3. The van der Waals surface area contributed by atoms with Gasteiger partial charge >= 0.3 is 0 Å². The minimum absolute atomic E-state index is 0.282. The van der Waals surface area contributed by atoms with Crippen molar-refractivity contribution in [3.63, 3.8) is 0 Å². The van der Waals surface area contributed by atoms with Crippen LogP contribution in [-0.2, 0) is 11.2 Å². The van der Waals surface area contributed by atoms with Crippen LogP contribution in [0.2, 0.25) is 0 Å². The van der Waals surface area contributed by atoms with Crippen molar-refractivity contribution < 1.29 is 9.59 Å². The molecule has 0 atom stereocenters. The summed E-state index contributed by atoms with van der Waals surface area (Å²) in [6.45, 7) is 6.22. The van der Waals surface area contributed by atoms with Crippen LogP contribution >= 0.6 is 0 Å². The third-order valence-electron chi connectivity index (χ3n) is 4.34. The largest absolute Gasteiger partial charge is 0.383 e. The van der Waals surface area contributed by atoms with Gasteiger partial charge in [-0.3, -0.25) is 9.59 Å². The number of fused-ring (bicyclic) bond motifs is 1. The van der Waals surface area contributed by atoms with Gasteiger partial charge in [0.25, 0.3) is 5.91 Å². The van der Waals surface area contributed by atoms with Crippen LogP contribution in [0, 0.1) is 13.8 Å². The Morgan fingerprint density at radius 1 is 1.09 bits per heavy atom. The van der Waals surface area contributed by atoms with Gasteiger partial charge in [0.2, 0.25) is 5.91 Å². The highest BCUT2D eigenvalue weighted by Crippen LogP contribution is 2.34. The molecule has 0 bridgehead atoms. The highest BCUT2D eigenvalue weighted by Gasteiger charge is 2.26. The molecule has 0 saturated heterocycles. The number of carbonyl (C=O) groups is 2. The molecular formula is C19H20N2O2. The van der Waals surface area contributed by atoms with Gasteiger partial charge in [-0.05, 0) is 55.2 Å². The van der Waals surface area contributed by atoms with E-state index in [0.717, 1.165) is 35.3 Å². The molecule has 4 heteroatoms. The normalized spacial score (nSPS) is 12.5. The van der Waals surface area contributed by atoms with Gasteiger partial charge in [-0.2, -0.15) is 0 Å². The maximum atomic E-state index is 12.9. The van der Waals surface area contributed by atoms with E-state index >= 15 is 0 Å². The van der Waals surface area contributed by atoms with E-state index in [-0.39, 0.29) is 11.8 Å². The summed E-state index contributed by atoms with van der Waals surface area (Å²) in [5.74, 6) is -0.571. The first-order valence-electron chi connectivity index (χ1n) is 7.77. The first-order chi connectivity index (χ1) is 11.0. The van der Waals surface area contributed by atoms with E-state index in [1.54, 1.807) is 6.07 Å². The predicted octanol–water partition coefficient (Wildman–Crippen LogP) is 3.46. The quantitative estimate of drug-likeness (QED) is 0.924. The van der Waals surface area contributed by atoms with Gasteiger partial charge in [-0.1, -0.05) is 18.2 Å². The zero-order valence-corrected chi connectivity index (χ0v) is 13.6. The van der Waals surface area contributed by atoms with Crippen LogP contribution in [0.4, 0.5) is 11.4 Å². The molecule has 0 unspecified atom stereocenters. The predicted molar refractivity (Wildman–Crippen MR) is 92.0 cm³/mol. The zero-order valence-electron chi connectivity index (χ0n) is 13.6. The number of rotatable bonds is 2. The lowest BCUT2D eigenvalue weighted by Gasteiger charge is -2.22. The average Bonchev–Trinajstić information content (AvgIpc) is 2.99. The Bertz CT molecular complexity index is 796. The van der Waals surface area contributed by atoms with E-state index in [1.807, 2.05) is 44.2 Å². The molecule has 0 radical (unpaired) electrons. The van der Waals surface area contributed by atoms with Gasteiger partial charge in [-0.15, -0.1) is 0 Å². The van der Waals surface area contributed by atoms with E-state index in [4.69, 9.17) is 0 Å². The fraction of sp³-hybridized carbons (Fsp3) is 0.263. The number of imide groups is 1. The van der Waals surface area contributed by atoms with Crippen molar-refractivity contribution in [1.82, 2.24) is 0 Å². The Balaban J connectivity index is 2.06. The van der Waals surface area contributed by atoms with Gasteiger partial charge in [-0.25, -0.2) is 4.90 Å². The minimum Gasteiger partial charge on any atom is -0.383 e. The summed E-state index contributed by atoms with van der Waals surface area (Å²) in [5, 5.41) is 3.28. The molecule has 4 nitrogen and oxygen atoms in total. The molecule has 0 aromatic heterocycles. The van der Waals surface area contributed by atoms with Gasteiger partial charge in [0.15, 0.2) is 0 Å². The summed E-state index contributed by atoms with van der Waals surface area (Å²) < 4.78 is 0. The smallest absolute Gasteiger partial charge is 0.265 e. The fourth-order valence-corrected chi connectivity index (χ4v) is 2.93. The molecule has 2 aromatic carbocycles. The SMILES string of the molecule is CC(=O)N(C(=O)c1ccc(C)c(C)c1)c1cccc2c1NCC2. The molecule has 1 heterocycles. The highest BCUT2D eigenvalue weighted by molar-refractivity contribution is 6.22. The van der Waals surface area contributed by atoms with E-state index < -0.39 is 0 Å². The third kappa shape index (κ3) is 2.72. The Morgan fingerprint density at radius 2 is 1.87 bits per heavy atom. The molecule has 1 N–H and O–H groups in total. The number of carbonyl (C=O) groups excluding carboxylic acids is 2. The molecule has 0 fully saturated rings. The first kappa shape index (κ1) is 15.3. The molecule has 2 amide bonds. The zero-order chi connectivity index (χ0) is 16.6. The molecule has 2 aromatic rings. The van der Waals surface area contributed by atoms with E-state index in [9.17, 15) is 9.59 Å². The van der Waals surface area contributed by atoms with Crippen LogP contribution in [0.25, 0.3) is 0 Å². The second-order valence-electron chi connectivity index (χ2n) is 5.95. The Kier molecular flexibility index (Phi) is 3.90. The monoisotopic (exact) mass is 308 g/mol. The number of amides is 2. The summed E-state index contributed by atoms with van der Waals surface area (Å²) in [4.78, 5) is 26.4. The molecule has 0 spiro atoms. The number of nitrogens with one attached hydrogen (secondary N) is 1. The third-order valence-corrected chi connectivity index (χ3v) is 4.34. The fourth-order valence-electron chi connectivity index (χ4n) is 2.93. The number of benzene rings is 2. The Labute approximate surface area is 136 Å². The molecule has 1 aliphatic rings. The topological polar surface area (TPSA) is 49.4 Å². The lowest BCUT2D eigenvalue weighted by atomic mass is 10.0. The summed E-state index contributed by atoms with van der Waals surface area (Å²) in [6.07, 6.45) is 0.909. The minimum atomic E-state index is -0.289. The van der Waals surface area contributed by atoms with E-state index in [2.05, 4.69) is 5.32 Å². The maximum absolute atomic E-state index is 12.9. The maximum Gasteiger partial charge on any atom is 0.265 e. The molecule has 3 rings (SSSR count). The van der Waals surface area contributed by atoms with Crippen LogP contribution in [0.1, 0.15) is 34.0 Å². The van der Waals surface area contributed by atoms with Gasteiger partial charge in [0.05, 0.1) is 11.4 Å². The van der Waals surface area contributed by atoms with Crippen molar-refractivity contribution in [3.8, 4) is 0 Å². The molecule has 0 saturated carbocycles. The summed E-state index contributed by atoms with van der Waals surface area (Å²) in [6, 6.07) is 11.3. The van der Waals surface area contributed by atoms with Crippen molar-refractivity contribution in [1.29, 1.82) is 0 Å². The Hall–Kier alpha value is -2.62. The molecule has 1 aliphatic heterocycles. The molecule has 23 heavy (non-hydrogen) atoms. The van der Waals surface area contributed by atoms with Crippen LogP contribution in [-0.4, -0.2) is 18.4 Å². The number of anilines is 2.